The maximum atomic E-state index is 5.36. The largest absolute Gasteiger partial charge is 0.307 e. The van der Waals surface area contributed by atoms with Gasteiger partial charge in [0.2, 0.25) is 0 Å². The van der Waals surface area contributed by atoms with Crippen molar-refractivity contribution in [1.82, 2.24) is 19.5 Å². The van der Waals surface area contributed by atoms with Gasteiger partial charge in [0, 0.05) is 49.5 Å². The minimum Gasteiger partial charge on any atom is -0.307 e. The summed E-state index contributed by atoms with van der Waals surface area (Å²) in [5.74, 6) is 0.721. The molecule has 8 aromatic carbocycles. The van der Waals surface area contributed by atoms with Gasteiger partial charge in [-0.25, -0.2) is 15.0 Å². The first kappa shape index (κ1) is 35.9. The van der Waals surface area contributed by atoms with Gasteiger partial charge in [-0.3, -0.25) is 0 Å². The van der Waals surface area contributed by atoms with E-state index in [1.54, 1.807) is 0 Å². The molecule has 0 spiro atoms. The van der Waals surface area contributed by atoms with E-state index in [4.69, 9.17) is 15.0 Å². The average molecular weight is 793 g/mol. The average Bonchev–Trinajstić information content (AvgIpc) is 3.81. The van der Waals surface area contributed by atoms with Gasteiger partial charge < -0.3 is 4.57 Å². The lowest BCUT2D eigenvalue weighted by atomic mass is 9.82. The monoisotopic (exact) mass is 792 g/mol. The Morgan fingerprint density at radius 2 is 0.952 bits per heavy atom. The fraction of sp³-hybridized carbons (Fsp3) is 0.0517. The predicted molar refractivity (Wildman–Crippen MR) is 256 cm³/mol. The third-order valence-corrected chi connectivity index (χ3v) is 12.8. The van der Waals surface area contributed by atoms with E-state index < -0.39 is 0 Å². The van der Waals surface area contributed by atoms with Crippen LogP contribution < -0.4 is 0 Å². The van der Waals surface area contributed by atoms with Crippen molar-refractivity contribution in [2.75, 3.05) is 0 Å². The minimum absolute atomic E-state index is 0.115. The van der Waals surface area contributed by atoms with Crippen molar-refractivity contribution >= 4 is 32.7 Å². The minimum atomic E-state index is -0.115. The second-order valence-electron chi connectivity index (χ2n) is 16.8. The van der Waals surface area contributed by atoms with Crippen LogP contribution in [-0.2, 0) is 5.41 Å². The van der Waals surface area contributed by atoms with E-state index >= 15 is 0 Å². The molecule has 0 fully saturated rings. The molecule has 0 aliphatic heterocycles. The van der Waals surface area contributed by atoms with Crippen LogP contribution in [0, 0.1) is 0 Å². The normalized spacial score (nSPS) is 12.8. The van der Waals surface area contributed by atoms with Crippen LogP contribution in [0.5, 0.6) is 0 Å². The standard InChI is InChI=1S/C58H40N4/c1-58(2)48-22-12-9-19-44(48)45-34-33-42(35-49(45)58)57-60-51(39-15-5-3-6-16-39)36-52(61-57)40-29-25-37(26-30-40)38-27-31-41(32-28-38)55-56-54(46-20-10-13-23-50(46)59-55)47-21-11-14-24-53(47)62(56)43-17-7-4-8-18-43/h3-36H,1-2H3. The third-order valence-electron chi connectivity index (χ3n) is 12.8. The zero-order chi connectivity index (χ0) is 41.4. The number of nitrogens with zero attached hydrogens (tertiary/aromatic N) is 4. The summed E-state index contributed by atoms with van der Waals surface area (Å²) in [5.41, 5.74) is 18.7. The molecule has 0 radical (unpaired) electrons. The van der Waals surface area contributed by atoms with E-state index in [9.17, 15) is 0 Å². The van der Waals surface area contributed by atoms with Crippen LogP contribution in [0.15, 0.2) is 206 Å². The highest BCUT2D eigenvalue weighted by Gasteiger charge is 2.35. The van der Waals surface area contributed by atoms with Gasteiger partial charge in [-0.15, -0.1) is 0 Å². The van der Waals surface area contributed by atoms with Crippen LogP contribution in [0.4, 0.5) is 0 Å². The Labute approximate surface area is 360 Å². The molecule has 0 saturated carbocycles. The molecular formula is C58H40N4. The van der Waals surface area contributed by atoms with E-state index in [2.05, 4.69) is 219 Å². The molecule has 11 aromatic rings. The molecule has 0 atom stereocenters. The smallest absolute Gasteiger partial charge is 0.160 e. The van der Waals surface area contributed by atoms with Crippen LogP contribution in [0.2, 0.25) is 0 Å². The molecule has 0 unspecified atom stereocenters. The third kappa shape index (κ3) is 5.72. The maximum Gasteiger partial charge on any atom is 0.160 e. The van der Waals surface area contributed by atoms with Gasteiger partial charge in [0.1, 0.15) is 0 Å². The Hall–Kier alpha value is -7.95. The number of aromatic nitrogens is 4. The second-order valence-corrected chi connectivity index (χ2v) is 16.8. The molecule has 62 heavy (non-hydrogen) atoms. The molecule has 292 valence electrons. The first-order valence-electron chi connectivity index (χ1n) is 21.3. The summed E-state index contributed by atoms with van der Waals surface area (Å²) in [6, 6.07) is 73.4. The highest BCUT2D eigenvalue weighted by atomic mass is 15.0. The molecule has 0 N–H and O–H groups in total. The van der Waals surface area contributed by atoms with Crippen LogP contribution in [0.3, 0.4) is 0 Å². The van der Waals surface area contributed by atoms with Crippen molar-refractivity contribution in [2.45, 2.75) is 19.3 Å². The van der Waals surface area contributed by atoms with Crippen molar-refractivity contribution in [3.8, 4) is 73.1 Å². The lowest BCUT2D eigenvalue weighted by Crippen LogP contribution is -2.15. The maximum absolute atomic E-state index is 5.36. The van der Waals surface area contributed by atoms with Gasteiger partial charge >= 0.3 is 0 Å². The van der Waals surface area contributed by atoms with Gasteiger partial charge in [-0.05, 0) is 69.8 Å². The molecule has 0 amide bonds. The quantitative estimate of drug-likeness (QED) is 0.168. The highest BCUT2D eigenvalue weighted by molar-refractivity contribution is 6.23. The molecular weight excluding hydrogens is 753 g/mol. The highest BCUT2D eigenvalue weighted by Crippen LogP contribution is 2.49. The topological polar surface area (TPSA) is 43.6 Å². The SMILES string of the molecule is CC1(C)c2ccccc2-c2ccc(-c3nc(-c4ccccc4)cc(-c4ccc(-c5ccc(-c6nc7ccccc7c7c8ccccc8n(-c8ccccc8)c67)cc5)cc4)n3)cc21. The Morgan fingerprint density at radius 1 is 0.403 bits per heavy atom. The lowest BCUT2D eigenvalue weighted by Gasteiger charge is -2.21. The summed E-state index contributed by atoms with van der Waals surface area (Å²) in [6.45, 7) is 4.63. The van der Waals surface area contributed by atoms with Gasteiger partial charge in [0.25, 0.3) is 0 Å². The number of hydrogen-bond acceptors (Lipinski definition) is 3. The number of hydrogen-bond donors (Lipinski definition) is 0. The van der Waals surface area contributed by atoms with E-state index in [0.717, 1.165) is 78.4 Å². The molecule has 4 heteroatoms. The molecule has 1 aliphatic rings. The van der Waals surface area contributed by atoms with Crippen molar-refractivity contribution in [1.29, 1.82) is 0 Å². The molecule has 0 bridgehead atoms. The van der Waals surface area contributed by atoms with Gasteiger partial charge in [-0.1, -0.05) is 184 Å². The molecule has 0 saturated heterocycles. The molecule has 1 aliphatic carbocycles. The zero-order valence-electron chi connectivity index (χ0n) is 34.4. The number of benzene rings is 8. The summed E-state index contributed by atoms with van der Waals surface area (Å²) < 4.78 is 2.37. The molecule has 12 rings (SSSR count). The fourth-order valence-electron chi connectivity index (χ4n) is 9.72. The van der Waals surface area contributed by atoms with Crippen LogP contribution in [0.25, 0.3) is 106 Å². The van der Waals surface area contributed by atoms with E-state index in [-0.39, 0.29) is 5.41 Å². The van der Waals surface area contributed by atoms with E-state index in [1.807, 2.05) is 6.07 Å². The van der Waals surface area contributed by atoms with Gasteiger partial charge in [0.05, 0.1) is 33.6 Å². The van der Waals surface area contributed by atoms with Gasteiger partial charge in [-0.2, -0.15) is 0 Å². The summed E-state index contributed by atoms with van der Waals surface area (Å²) in [4.78, 5) is 15.8. The van der Waals surface area contributed by atoms with Crippen molar-refractivity contribution in [3.63, 3.8) is 0 Å². The Balaban J connectivity index is 0.927. The first-order valence-corrected chi connectivity index (χ1v) is 21.3. The van der Waals surface area contributed by atoms with Crippen LogP contribution >= 0.6 is 0 Å². The Morgan fingerprint density at radius 3 is 1.69 bits per heavy atom. The number of pyridine rings is 1. The van der Waals surface area contributed by atoms with Gasteiger partial charge in [0.15, 0.2) is 5.82 Å². The van der Waals surface area contributed by atoms with E-state index in [1.165, 1.54) is 38.5 Å². The predicted octanol–water partition coefficient (Wildman–Crippen LogP) is 14.8. The Bertz CT molecular complexity index is 3510. The summed E-state index contributed by atoms with van der Waals surface area (Å²) >= 11 is 0. The van der Waals surface area contributed by atoms with Crippen LogP contribution in [0.1, 0.15) is 25.0 Å². The van der Waals surface area contributed by atoms with Crippen LogP contribution in [-0.4, -0.2) is 19.5 Å². The van der Waals surface area contributed by atoms with E-state index in [0.29, 0.717) is 0 Å². The van der Waals surface area contributed by atoms with Crippen molar-refractivity contribution < 1.29 is 0 Å². The molecule has 3 heterocycles. The number of fused-ring (bicyclic) bond motifs is 8. The summed E-state index contributed by atoms with van der Waals surface area (Å²) in [5, 5.41) is 3.60. The fourth-order valence-corrected chi connectivity index (χ4v) is 9.72. The number of para-hydroxylation sites is 3. The van der Waals surface area contributed by atoms with Crippen molar-refractivity contribution in [2.24, 2.45) is 0 Å². The molecule has 4 nitrogen and oxygen atoms in total. The summed E-state index contributed by atoms with van der Waals surface area (Å²) in [6.07, 6.45) is 0. The first-order chi connectivity index (χ1) is 30.5. The number of rotatable bonds is 6. The molecule has 3 aromatic heterocycles. The van der Waals surface area contributed by atoms with Crippen molar-refractivity contribution in [3.05, 3.63) is 217 Å². The Kier molecular flexibility index (Phi) is 8.16. The second kappa shape index (κ2) is 14.1. The summed E-state index contributed by atoms with van der Waals surface area (Å²) in [7, 11) is 0. The zero-order valence-corrected chi connectivity index (χ0v) is 34.4. The lowest BCUT2D eigenvalue weighted by molar-refractivity contribution is 0.660.